The molecule has 2 aliphatic rings. The van der Waals surface area contributed by atoms with Gasteiger partial charge in [-0.3, -0.25) is 4.74 Å². The van der Waals surface area contributed by atoms with Gasteiger partial charge in [-0.2, -0.15) is 8.78 Å². The highest BCUT2D eigenvalue weighted by molar-refractivity contribution is 4.91. The third kappa shape index (κ3) is 1.43. The number of alkyl halides is 2. The summed E-state index contributed by atoms with van der Waals surface area (Å²) in [7, 11) is 0. The molecule has 5 heteroatoms. The molecule has 14 heavy (non-hydrogen) atoms. The van der Waals surface area contributed by atoms with E-state index in [2.05, 4.69) is 4.74 Å². The molecule has 2 fully saturated rings. The first kappa shape index (κ1) is 10.3. The van der Waals surface area contributed by atoms with Gasteiger partial charge in [-0.1, -0.05) is 13.8 Å². The van der Waals surface area contributed by atoms with Crippen molar-refractivity contribution in [2.24, 2.45) is 11.8 Å². The van der Waals surface area contributed by atoms with Gasteiger partial charge in [-0.15, -0.1) is 0 Å². The van der Waals surface area contributed by atoms with Crippen molar-refractivity contribution < 1.29 is 23.4 Å². The summed E-state index contributed by atoms with van der Waals surface area (Å²) in [5.41, 5.74) is 0. The molecular weight excluding hydrogens is 194 g/mol. The van der Waals surface area contributed by atoms with E-state index in [0.717, 1.165) is 0 Å². The van der Waals surface area contributed by atoms with E-state index in [0.29, 0.717) is 0 Å². The van der Waals surface area contributed by atoms with E-state index in [-0.39, 0.29) is 18.3 Å². The van der Waals surface area contributed by atoms with E-state index >= 15 is 0 Å². The van der Waals surface area contributed by atoms with Gasteiger partial charge in [-0.05, 0) is 18.3 Å². The summed E-state index contributed by atoms with van der Waals surface area (Å²) < 4.78 is 35.3. The summed E-state index contributed by atoms with van der Waals surface area (Å²) in [6.07, 6.45) is -6.38. The Morgan fingerprint density at radius 1 is 1.43 bits per heavy atom. The quantitative estimate of drug-likeness (QED) is 0.707. The maximum Gasteiger partial charge on any atom is 0.384 e. The number of halogens is 2. The molecule has 2 aliphatic heterocycles. The molecule has 1 N–H and O–H groups in total. The molecule has 0 spiro atoms. The number of rotatable bonds is 1. The van der Waals surface area contributed by atoms with Crippen molar-refractivity contribution >= 4 is 0 Å². The van der Waals surface area contributed by atoms with Crippen molar-refractivity contribution in [3.8, 4) is 0 Å². The number of aliphatic hydroxyl groups is 1. The van der Waals surface area contributed by atoms with Crippen molar-refractivity contribution in [3.63, 3.8) is 0 Å². The fourth-order valence-electron chi connectivity index (χ4n) is 2.10. The van der Waals surface area contributed by atoms with E-state index in [1.165, 1.54) is 0 Å². The second kappa shape index (κ2) is 3.12. The summed E-state index contributed by atoms with van der Waals surface area (Å²) in [5, 5.41) is 9.67. The van der Waals surface area contributed by atoms with Gasteiger partial charge in [-0.25, -0.2) is 0 Å². The molecular formula is C9H14F2O3. The van der Waals surface area contributed by atoms with E-state index in [9.17, 15) is 13.9 Å². The standard InChI is InChI=1S/C9H14F2O3/c1-4(2)5-3-6-9(10,11)14-8(13-6)7(5)12/h4-8,12H,3H2,1-2H3/t5-,6-,7-,8-/m0/s1. The van der Waals surface area contributed by atoms with Crippen LogP contribution in [0.1, 0.15) is 20.3 Å². The summed E-state index contributed by atoms with van der Waals surface area (Å²) >= 11 is 0. The molecule has 82 valence electrons. The van der Waals surface area contributed by atoms with Crippen LogP contribution in [0.25, 0.3) is 0 Å². The van der Waals surface area contributed by atoms with Crippen LogP contribution in [0, 0.1) is 11.8 Å². The second-order valence-corrected chi connectivity index (χ2v) is 4.31. The first-order valence-corrected chi connectivity index (χ1v) is 4.81. The Labute approximate surface area is 81.0 Å². The van der Waals surface area contributed by atoms with Gasteiger partial charge < -0.3 is 9.84 Å². The van der Waals surface area contributed by atoms with Crippen molar-refractivity contribution in [2.45, 2.75) is 44.9 Å². The van der Waals surface area contributed by atoms with Crippen LogP contribution in [0.5, 0.6) is 0 Å². The molecule has 0 aromatic carbocycles. The summed E-state index contributed by atoms with van der Waals surface area (Å²) in [6, 6.07) is 0. The van der Waals surface area contributed by atoms with Crippen LogP contribution in [0.4, 0.5) is 8.78 Å². The molecule has 0 unspecified atom stereocenters. The lowest BCUT2D eigenvalue weighted by Crippen LogP contribution is -2.43. The smallest absolute Gasteiger partial charge is 0.384 e. The number of hydrogen-bond donors (Lipinski definition) is 1. The van der Waals surface area contributed by atoms with Crippen molar-refractivity contribution in [3.05, 3.63) is 0 Å². The van der Waals surface area contributed by atoms with Gasteiger partial charge in [0.05, 0.1) is 0 Å². The second-order valence-electron chi connectivity index (χ2n) is 4.31. The zero-order valence-corrected chi connectivity index (χ0v) is 8.11. The van der Waals surface area contributed by atoms with Crippen LogP contribution in [0.15, 0.2) is 0 Å². The summed E-state index contributed by atoms with van der Waals surface area (Å²) in [5.74, 6) is -0.0245. The van der Waals surface area contributed by atoms with E-state index in [4.69, 9.17) is 4.74 Å². The largest absolute Gasteiger partial charge is 0.388 e. The summed E-state index contributed by atoms with van der Waals surface area (Å²) in [4.78, 5) is 0. The van der Waals surface area contributed by atoms with Crippen molar-refractivity contribution in [2.75, 3.05) is 0 Å². The fraction of sp³-hybridized carbons (Fsp3) is 1.00. The zero-order chi connectivity index (χ0) is 10.5. The average molecular weight is 208 g/mol. The minimum Gasteiger partial charge on any atom is -0.388 e. The minimum atomic E-state index is -3.24. The van der Waals surface area contributed by atoms with Crippen LogP contribution in [0.3, 0.4) is 0 Å². The maximum atomic E-state index is 13.1. The lowest BCUT2D eigenvalue weighted by atomic mass is 9.84. The summed E-state index contributed by atoms with van der Waals surface area (Å²) in [6.45, 7) is 3.80. The molecule has 3 nitrogen and oxygen atoms in total. The lowest BCUT2D eigenvalue weighted by molar-refractivity contribution is -0.243. The molecule has 4 atom stereocenters. The molecule has 2 bridgehead atoms. The van der Waals surface area contributed by atoms with E-state index < -0.39 is 24.6 Å². The first-order valence-electron chi connectivity index (χ1n) is 4.81. The number of aliphatic hydroxyl groups excluding tert-OH is 1. The van der Waals surface area contributed by atoms with E-state index in [1.807, 2.05) is 13.8 Å². The molecule has 2 heterocycles. The molecule has 0 aromatic heterocycles. The third-order valence-corrected chi connectivity index (χ3v) is 3.01. The molecule has 0 radical (unpaired) electrons. The van der Waals surface area contributed by atoms with Crippen LogP contribution >= 0.6 is 0 Å². The normalized spacial score (nSPS) is 45.9. The molecule has 0 aromatic rings. The molecule has 0 amide bonds. The minimum absolute atomic E-state index is 0.149. The predicted molar refractivity (Wildman–Crippen MR) is 43.6 cm³/mol. The molecule has 0 saturated carbocycles. The van der Waals surface area contributed by atoms with Gasteiger partial charge in [0.1, 0.15) is 6.10 Å². The van der Waals surface area contributed by atoms with Crippen LogP contribution in [0.2, 0.25) is 0 Å². The molecule has 2 saturated heterocycles. The average Bonchev–Trinajstić information content (AvgIpc) is 2.31. The Morgan fingerprint density at radius 3 is 2.64 bits per heavy atom. The monoisotopic (exact) mass is 208 g/mol. The first-order chi connectivity index (χ1) is 6.42. The van der Waals surface area contributed by atoms with Crippen molar-refractivity contribution in [1.82, 2.24) is 0 Å². The fourth-order valence-corrected chi connectivity index (χ4v) is 2.10. The van der Waals surface area contributed by atoms with Gasteiger partial charge in [0, 0.05) is 0 Å². The maximum absolute atomic E-state index is 13.1. The number of hydrogen-bond acceptors (Lipinski definition) is 3. The van der Waals surface area contributed by atoms with Gasteiger partial charge >= 0.3 is 6.11 Å². The van der Waals surface area contributed by atoms with Crippen molar-refractivity contribution in [1.29, 1.82) is 0 Å². The topological polar surface area (TPSA) is 38.7 Å². The van der Waals surface area contributed by atoms with E-state index in [1.54, 1.807) is 0 Å². The highest BCUT2D eigenvalue weighted by Crippen LogP contribution is 2.45. The molecule has 2 rings (SSSR count). The van der Waals surface area contributed by atoms with Gasteiger partial charge in [0.15, 0.2) is 12.4 Å². The highest BCUT2D eigenvalue weighted by atomic mass is 19.3. The highest BCUT2D eigenvalue weighted by Gasteiger charge is 2.59. The van der Waals surface area contributed by atoms with Crippen LogP contribution < -0.4 is 0 Å². The Hall–Kier alpha value is -0.260. The lowest BCUT2D eigenvalue weighted by Gasteiger charge is -2.33. The van der Waals surface area contributed by atoms with Crippen LogP contribution in [-0.4, -0.2) is 29.7 Å². The van der Waals surface area contributed by atoms with Crippen LogP contribution in [-0.2, 0) is 9.47 Å². The Balaban J connectivity index is 2.17. The number of ether oxygens (including phenoxy) is 2. The third-order valence-electron chi connectivity index (χ3n) is 3.01. The SMILES string of the molecule is CC(C)[C@@H]1C[C@@H]2O[C@@H](OC2(F)F)[C@H]1O. The zero-order valence-electron chi connectivity index (χ0n) is 8.11. The predicted octanol–water partition coefficient (Wildman–Crippen LogP) is 1.36. The van der Waals surface area contributed by atoms with Gasteiger partial charge in [0.25, 0.3) is 0 Å². The Morgan fingerprint density at radius 2 is 2.07 bits per heavy atom. The molecule has 0 aliphatic carbocycles. The Kier molecular flexibility index (Phi) is 2.28. The number of fused-ring (bicyclic) bond motifs is 2. The van der Waals surface area contributed by atoms with Gasteiger partial charge in [0.2, 0.25) is 0 Å². The Bertz CT molecular complexity index is 232.